The van der Waals surface area contributed by atoms with E-state index in [1.54, 1.807) is 5.57 Å². The van der Waals surface area contributed by atoms with Gasteiger partial charge >= 0.3 is 5.97 Å². The Kier molecular flexibility index (Phi) is 8.97. The average Bonchev–Trinajstić information content (AvgIpc) is 3.21. The Morgan fingerprint density at radius 3 is 2.43 bits per heavy atom. The molecule has 0 amide bonds. The van der Waals surface area contributed by atoms with Crippen LogP contribution in [-0.4, -0.2) is 11.1 Å². The van der Waals surface area contributed by atoms with Gasteiger partial charge in [-0.05, 0) is 116 Å². The molecule has 0 heterocycles. The number of carboxylic acid groups (broad SMARTS) is 1. The van der Waals surface area contributed by atoms with Gasteiger partial charge < -0.3 is 5.11 Å². The van der Waals surface area contributed by atoms with Crippen LogP contribution in [0.15, 0.2) is 11.6 Å². The maximum Gasteiger partial charge on any atom is 0.309 e. The number of rotatable bonds is 11. The molecule has 212 valence electrons. The zero-order valence-electron chi connectivity index (χ0n) is 25.6. The molecule has 0 aromatic carbocycles. The summed E-state index contributed by atoms with van der Waals surface area (Å²) >= 11 is 0. The summed E-state index contributed by atoms with van der Waals surface area (Å²) in [6, 6.07) is 0. The number of aliphatic carboxylic acids is 1. The van der Waals surface area contributed by atoms with Crippen molar-refractivity contribution in [1.82, 2.24) is 0 Å². The van der Waals surface area contributed by atoms with Crippen LogP contribution in [0.1, 0.15) is 145 Å². The third kappa shape index (κ3) is 5.11. The van der Waals surface area contributed by atoms with Gasteiger partial charge in [0, 0.05) is 0 Å². The minimum atomic E-state index is -0.528. The molecule has 0 saturated heterocycles. The Hall–Kier alpha value is -0.790. The molecule has 1 N–H and O–H groups in total. The third-order valence-corrected chi connectivity index (χ3v) is 13.1. The first-order valence-corrected chi connectivity index (χ1v) is 16.5. The van der Waals surface area contributed by atoms with Crippen LogP contribution in [-0.2, 0) is 4.79 Å². The fourth-order valence-electron chi connectivity index (χ4n) is 10.8. The van der Waals surface area contributed by atoms with Gasteiger partial charge in [0.25, 0.3) is 0 Å². The van der Waals surface area contributed by atoms with Crippen LogP contribution in [0.3, 0.4) is 0 Å². The lowest BCUT2D eigenvalue weighted by molar-refractivity contribution is -0.155. The van der Waals surface area contributed by atoms with E-state index in [1.807, 2.05) is 0 Å². The monoisotopic (exact) mass is 512 g/mol. The minimum absolute atomic E-state index is 0.310. The first kappa shape index (κ1) is 29.2. The van der Waals surface area contributed by atoms with E-state index in [9.17, 15) is 9.90 Å². The molecule has 37 heavy (non-hydrogen) atoms. The number of hydrogen-bond donors (Lipinski definition) is 1. The van der Waals surface area contributed by atoms with Crippen molar-refractivity contribution >= 4 is 5.97 Å². The van der Waals surface area contributed by atoms with Crippen molar-refractivity contribution < 1.29 is 9.90 Å². The highest BCUT2D eigenvalue weighted by Crippen LogP contribution is 2.68. The standard InChI is InChI=1S/C35H60O2/c1-8-10-20-35(9-2,32(36)37)27-18-21-33(6)26(23-27)14-15-28-30-17-16-29(25(5)13-11-12-24(3)4)34(30,7)22-19-31(28)33/h14,24-25,27-31H,8-13,15-23H2,1-7H3,(H,36,37)/t25-,27+,28+,29-,30+,31+,33+,34-,35?/m1/s1. The van der Waals surface area contributed by atoms with Crippen molar-refractivity contribution in [3.63, 3.8) is 0 Å². The van der Waals surface area contributed by atoms with Gasteiger partial charge in [-0.2, -0.15) is 0 Å². The summed E-state index contributed by atoms with van der Waals surface area (Å²) in [5, 5.41) is 10.4. The van der Waals surface area contributed by atoms with E-state index in [1.165, 1.54) is 57.8 Å². The van der Waals surface area contributed by atoms with Crippen LogP contribution in [0.25, 0.3) is 0 Å². The van der Waals surface area contributed by atoms with Gasteiger partial charge in [0.15, 0.2) is 0 Å². The summed E-state index contributed by atoms with van der Waals surface area (Å²) in [6.07, 6.45) is 21.0. The lowest BCUT2D eigenvalue weighted by atomic mass is 9.45. The fraction of sp³-hybridized carbons (Fsp3) is 0.914. The van der Waals surface area contributed by atoms with Crippen molar-refractivity contribution in [3.05, 3.63) is 11.6 Å². The first-order valence-electron chi connectivity index (χ1n) is 16.5. The van der Waals surface area contributed by atoms with Gasteiger partial charge in [-0.25, -0.2) is 0 Å². The van der Waals surface area contributed by atoms with E-state index in [4.69, 9.17) is 0 Å². The molecule has 9 atom stereocenters. The molecule has 4 aliphatic carbocycles. The highest BCUT2D eigenvalue weighted by Gasteiger charge is 2.60. The number of carbonyl (C=O) groups is 1. The predicted molar refractivity (Wildman–Crippen MR) is 156 cm³/mol. The summed E-state index contributed by atoms with van der Waals surface area (Å²) in [6.45, 7) is 16.9. The summed E-state index contributed by atoms with van der Waals surface area (Å²) in [7, 11) is 0. The minimum Gasteiger partial charge on any atom is -0.481 e. The van der Waals surface area contributed by atoms with Crippen LogP contribution in [0.5, 0.6) is 0 Å². The fourth-order valence-corrected chi connectivity index (χ4v) is 10.8. The number of hydrogen-bond acceptors (Lipinski definition) is 1. The van der Waals surface area contributed by atoms with Crippen molar-refractivity contribution in [2.24, 2.45) is 57.7 Å². The normalized spacial score (nSPS) is 39.8. The zero-order valence-corrected chi connectivity index (χ0v) is 25.6. The Balaban J connectivity index is 1.50. The number of carboxylic acids is 1. The lowest BCUT2D eigenvalue weighted by Crippen LogP contribution is -2.51. The second kappa shape index (κ2) is 11.4. The molecule has 1 unspecified atom stereocenters. The Bertz CT molecular complexity index is 827. The number of allylic oxidation sites excluding steroid dienone is 2. The molecule has 3 saturated carbocycles. The molecule has 0 radical (unpaired) electrons. The van der Waals surface area contributed by atoms with E-state index in [2.05, 4.69) is 54.5 Å². The summed E-state index contributed by atoms with van der Waals surface area (Å²) in [5.41, 5.74) is 1.98. The lowest BCUT2D eigenvalue weighted by Gasteiger charge is -2.59. The Morgan fingerprint density at radius 2 is 1.78 bits per heavy atom. The van der Waals surface area contributed by atoms with E-state index in [-0.39, 0.29) is 0 Å². The van der Waals surface area contributed by atoms with Gasteiger partial charge in [-0.15, -0.1) is 0 Å². The largest absolute Gasteiger partial charge is 0.481 e. The molecule has 0 aromatic rings. The predicted octanol–water partition coefficient (Wildman–Crippen LogP) is 10.3. The second-order valence-electron chi connectivity index (χ2n) is 15.1. The molecule has 0 aliphatic heterocycles. The first-order chi connectivity index (χ1) is 17.5. The van der Waals surface area contributed by atoms with Gasteiger partial charge in [-0.3, -0.25) is 4.79 Å². The van der Waals surface area contributed by atoms with Gasteiger partial charge in [0.05, 0.1) is 5.41 Å². The van der Waals surface area contributed by atoms with Crippen molar-refractivity contribution in [2.75, 3.05) is 0 Å². The van der Waals surface area contributed by atoms with E-state index in [0.717, 1.165) is 74.0 Å². The van der Waals surface area contributed by atoms with E-state index in [0.29, 0.717) is 16.7 Å². The smallest absolute Gasteiger partial charge is 0.309 e. The van der Waals surface area contributed by atoms with Crippen LogP contribution in [0.2, 0.25) is 0 Å². The Morgan fingerprint density at radius 1 is 1.03 bits per heavy atom. The van der Waals surface area contributed by atoms with Crippen LogP contribution >= 0.6 is 0 Å². The summed E-state index contributed by atoms with van der Waals surface area (Å²) in [5.74, 6) is 4.97. The Labute approximate surface area is 229 Å². The topological polar surface area (TPSA) is 37.3 Å². The molecule has 4 rings (SSSR count). The van der Waals surface area contributed by atoms with Gasteiger partial charge in [0.2, 0.25) is 0 Å². The third-order valence-electron chi connectivity index (χ3n) is 13.1. The molecule has 3 fully saturated rings. The highest BCUT2D eigenvalue weighted by atomic mass is 16.4. The second-order valence-corrected chi connectivity index (χ2v) is 15.1. The van der Waals surface area contributed by atoms with Crippen LogP contribution in [0.4, 0.5) is 0 Å². The molecule has 0 spiro atoms. The van der Waals surface area contributed by atoms with Crippen molar-refractivity contribution in [2.45, 2.75) is 145 Å². The van der Waals surface area contributed by atoms with Crippen molar-refractivity contribution in [3.8, 4) is 0 Å². The molecular weight excluding hydrogens is 452 g/mol. The van der Waals surface area contributed by atoms with Gasteiger partial charge in [0.1, 0.15) is 0 Å². The molecular formula is C35H60O2. The highest BCUT2D eigenvalue weighted by molar-refractivity contribution is 5.75. The maximum absolute atomic E-state index is 12.7. The summed E-state index contributed by atoms with van der Waals surface area (Å²) in [4.78, 5) is 12.7. The number of unbranched alkanes of at least 4 members (excludes halogenated alkanes) is 1. The van der Waals surface area contributed by atoms with Crippen molar-refractivity contribution in [1.29, 1.82) is 0 Å². The SMILES string of the molecule is CCCCC(CC)(C(=O)O)[C@H]1CC[C@@]2(C)C(=CC[C@H]3[C@@H]4CC[C@H]([C@H](C)CCCC(C)C)[C@@]4(C)CC[C@@H]32)C1. The molecule has 4 aliphatic rings. The van der Waals surface area contributed by atoms with E-state index >= 15 is 0 Å². The molecule has 2 nitrogen and oxygen atoms in total. The molecule has 2 heteroatoms. The quantitative estimate of drug-likeness (QED) is 0.279. The molecule has 0 aromatic heterocycles. The molecule has 0 bridgehead atoms. The van der Waals surface area contributed by atoms with Crippen LogP contribution < -0.4 is 0 Å². The number of fused-ring (bicyclic) bond motifs is 5. The average molecular weight is 513 g/mol. The van der Waals surface area contributed by atoms with Gasteiger partial charge in [-0.1, -0.05) is 92.2 Å². The maximum atomic E-state index is 12.7. The summed E-state index contributed by atoms with van der Waals surface area (Å²) < 4.78 is 0. The van der Waals surface area contributed by atoms with Crippen LogP contribution in [0, 0.1) is 57.7 Å². The van der Waals surface area contributed by atoms with E-state index < -0.39 is 11.4 Å². The zero-order chi connectivity index (χ0) is 27.0.